The average molecular weight is 266 g/mol. The summed E-state index contributed by atoms with van der Waals surface area (Å²) in [5, 5.41) is 9.95. The van der Waals surface area contributed by atoms with Crippen molar-refractivity contribution in [3.63, 3.8) is 0 Å². The second-order valence-electron chi connectivity index (χ2n) is 3.67. The molecule has 17 heavy (non-hydrogen) atoms. The van der Waals surface area contributed by atoms with Gasteiger partial charge in [0.25, 0.3) is 0 Å². The molecule has 1 atom stereocenters. The number of aromatic nitrogens is 2. The molecule has 1 heterocycles. The van der Waals surface area contributed by atoms with Crippen molar-refractivity contribution in [1.29, 1.82) is 0 Å². The van der Waals surface area contributed by atoms with E-state index in [4.69, 9.17) is 0 Å². The second-order valence-corrected chi connectivity index (χ2v) is 5.71. The highest BCUT2D eigenvalue weighted by atomic mass is 32.2. The molecule has 0 aliphatic heterocycles. The molecular formula is C12H14N2OS2. The van der Waals surface area contributed by atoms with E-state index in [-0.39, 0.29) is 0 Å². The lowest BCUT2D eigenvalue weighted by Gasteiger charge is -2.12. The van der Waals surface area contributed by atoms with Gasteiger partial charge in [0.2, 0.25) is 0 Å². The largest absolute Gasteiger partial charge is 0.388 e. The number of nitrogens with zero attached hydrogens (tertiary/aromatic N) is 2. The van der Waals surface area contributed by atoms with Crippen molar-refractivity contribution in [2.45, 2.75) is 35.6 Å². The highest BCUT2D eigenvalue weighted by Gasteiger charge is 2.12. The molecule has 0 fully saturated rings. The van der Waals surface area contributed by atoms with Gasteiger partial charge < -0.3 is 5.11 Å². The smallest absolute Gasteiger partial charge is 0.174 e. The van der Waals surface area contributed by atoms with E-state index in [0.717, 1.165) is 20.6 Å². The minimum Gasteiger partial charge on any atom is -0.388 e. The number of hydrogen-bond donors (Lipinski definition) is 1. The molecule has 0 radical (unpaired) electrons. The quantitative estimate of drug-likeness (QED) is 0.920. The van der Waals surface area contributed by atoms with Crippen molar-refractivity contribution in [2.75, 3.05) is 0 Å². The predicted molar refractivity (Wildman–Crippen MR) is 70.5 cm³/mol. The second kappa shape index (κ2) is 5.62. The van der Waals surface area contributed by atoms with Crippen LogP contribution >= 0.6 is 23.3 Å². The first kappa shape index (κ1) is 12.5. The van der Waals surface area contributed by atoms with Crippen LogP contribution < -0.4 is 0 Å². The monoisotopic (exact) mass is 266 g/mol. The summed E-state index contributed by atoms with van der Waals surface area (Å²) in [7, 11) is 0. The van der Waals surface area contributed by atoms with Gasteiger partial charge in [-0.25, -0.2) is 4.98 Å². The van der Waals surface area contributed by atoms with Crippen LogP contribution in [0.2, 0.25) is 0 Å². The fraction of sp³-hybridized carbons (Fsp3) is 0.333. The van der Waals surface area contributed by atoms with Gasteiger partial charge in [-0.3, -0.25) is 0 Å². The minimum atomic E-state index is -0.410. The molecule has 0 aliphatic rings. The van der Waals surface area contributed by atoms with Gasteiger partial charge >= 0.3 is 0 Å². The third kappa shape index (κ3) is 3.06. The van der Waals surface area contributed by atoms with Crippen molar-refractivity contribution in [3.05, 3.63) is 35.7 Å². The van der Waals surface area contributed by atoms with Gasteiger partial charge in [-0.1, -0.05) is 36.9 Å². The van der Waals surface area contributed by atoms with Crippen molar-refractivity contribution < 1.29 is 5.11 Å². The minimum absolute atomic E-state index is 0.410. The van der Waals surface area contributed by atoms with E-state index in [1.54, 1.807) is 11.8 Å². The van der Waals surface area contributed by atoms with Gasteiger partial charge in [0.05, 0.1) is 6.10 Å². The highest BCUT2D eigenvalue weighted by molar-refractivity contribution is 8.01. The van der Waals surface area contributed by atoms with Crippen LogP contribution in [0.1, 0.15) is 30.8 Å². The van der Waals surface area contributed by atoms with Crippen LogP contribution in [-0.2, 0) is 0 Å². The molecule has 0 spiro atoms. The lowest BCUT2D eigenvalue weighted by atomic mass is 10.1. The number of aryl methyl sites for hydroxylation is 1. The summed E-state index contributed by atoms with van der Waals surface area (Å²) in [4.78, 5) is 5.37. The number of rotatable bonds is 4. The third-order valence-electron chi connectivity index (χ3n) is 2.37. The van der Waals surface area contributed by atoms with Gasteiger partial charge in [-0.15, -0.1) is 0 Å². The molecule has 1 N–H and O–H groups in total. The fourth-order valence-corrected chi connectivity index (χ4v) is 3.27. The zero-order valence-electron chi connectivity index (χ0n) is 9.75. The van der Waals surface area contributed by atoms with E-state index in [1.165, 1.54) is 11.5 Å². The van der Waals surface area contributed by atoms with Crippen molar-refractivity contribution in [1.82, 2.24) is 9.36 Å². The molecule has 0 saturated carbocycles. The van der Waals surface area contributed by atoms with Crippen molar-refractivity contribution in [3.8, 4) is 0 Å². The maximum atomic E-state index is 9.95. The lowest BCUT2D eigenvalue weighted by Crippen LogP contribution is -1.96. The third-order valence-corrected chi connectivity index (χ3v) is 4.31. The van der Waals surface area contributed by atoms with Gasteiger partial charge in [-0.2, -0.15) is 4.37 Å². The Morgan fingerprint density at radius 3 is 2.82 bits per heavy atom. The Bertz CT molecular complexity index is 499. The molecule has 2 aromatic rings. The topological polar surface area (TPSA) is 46.0 Å². The summed E-state index contributed by atoms with van der Waals surface area (Å²) in [6, 6.07) is 7.89. The molecule has 3 nitrogen and oxygen atoms in total. The van der Waals surface area contributed by atoms with Gasteiger partial charge in [-0.05, 0) is 36.5 Å². The Labute approximate surface area is 109 Å². The summed E-state index contributed by atoms with van der Waals surface area (Å²) in [6.45, 7) is 3.86. The fourth-order valence-electron chi connectivity index (χ4n) is 1.48. The number of benzene rings is 1. The first-order valence-electron chi connectivity index (χ1n) is 5.46. The van der Waals surface area contributed by atoms with Crippen molar-refractivity contribution in [2.24, 2.45) is 0 Å². The number of hydrogen-bond acceptors (Lipinski definition) is 5. The van der Waals surface area contributed by atoms with E-state index < -0.39 is 6.10 Å². The normalized spacial score (nSPS) is 12.6. The standard InChI is InChI=1S/C12H14N2OS2/c1-3-10(15)9-6-4-5-7-11(9)16-12-13-8(2)14-17-12/h4-7,10,15H,3H2,1-2H3/t10-/m1/s1. The summed E-state index contributed by atoms with van der Waals surface area (Å²) < 4.78 is 5.07. The van der Waals surface area contributed by atoms with E-state index >= 15 is 0 Å². The molecular weight excluding hydrogens is 252 g/mol. The van der Waals surface area contributed by atoms with Crippen LogP contribution in [0.3, 0.4) is 0 Å². The lowest BCUT2D eigenvalue weighted by molar-refractivity contribution is 0.171. The van der Waals surface area contributed by atoms with E-state index in [2.05, 4.69) is 9.36 Å². The first-order valence-corrected chi connectivity index (χ1v) is 7.05. The van der Waals surface area contributed by atoms with Crippen LogP contribution in [0, 0.1) is 6.92 Å². The van der Waals surface area contributed by atoms with Crippen LogP contribution in [0.5, 0.6) is 0 Å². The first-order chi connectivity index (χ1) is 8.20. The maximum absolute atomic E-state index is 9.95. The zero-order valence-corrected chi connectivity index (χ0v) is 11.4. The van der Waals surface area contributed by atoms with Gasteiger partial charge in [0.1, 0.15) is 5.82 Å². The summed E-state index contributed by atoms with van der Waals surface area (Å²) in [5.74, 6) is 0.797. The Morgan fingerprint density at radius 2 is 2.18 bits per heavy atom. The molecule has 1 aromatic carbocycles. The molecule has 0 unspecified atom stereocenters. The number of aliphatic hydroxyl groups excluding tert-OH is 1. The molecule has 1 aromatic heterocycles. The predicted octanol–water partition coefficient (Wildman–Crippen LogP) is 3.44. The van der Waals surface area contributed by atoms with E-state index in [0.29, 0.717) is 6.42 Å². The molecule has 0 aliphatic carbocycles. The summed E-state index contributed by atoms with van der Waals surface area (Å²) in [6.07, 6.45) is 0.305. The van der Waals surface area contributed by atoms with E-state index in [9.17, 15) is 5.11 Å². The van der Waals surface area contributed by atoms with Gasteiger partial charge in [0, 0.05) is 4.90 Å². The zero-order chi connectivity index (χ0) is 12.3. The molecule has 0 amide bonds. The van der Waals surface area contributed by atoms with Crippen LogP contribution in [0.25, 0.3) is 0 Å². The highest BCUT2D eigenvalue weighted by Crippen LogP contribution is 2.34. The Balaban J connectivity index is 2.26. The Hall–Kier alpha value is -0.910. The maximum Gasteiger partial charge on any atom is 0.174 e. The Kier molecular flexibility index (Phi) is 4.15. The van der Waals surface area contributed by atoms with Crippen LogP contribution in [-0.4, -0.2) is 14.5 Å². The molecule has 0 saturated heterocycles. The summed E-state index contributed by atoms with van der Waals surface area (Å²) in [5.41, 5.74) is 0.966. The van der Waals surface area contributed by atoms with Crippen LogP contribution in [0.15, 0.2) is 33.5 Å². The van der Waals surface area contributed by atoms with Crippen LogP contribution in [0.4, 0.5) is 0 Å². The van der Waals surface area contributed by atoms with Gasteiger partial charge in [0.15, 0.2) is 4.34 Å². The van der Waals surface area contributed by atoms with E-state index in [1.807, 2.05) is 38.1 Å². The molecule has 2 rings (SSSR count). The summed E-state index contributed by atoms with van der Waals surface area (Å²) >= 11 is 2.96. The molecule has 0 bridgehead atoms. The SMILES string of the molecule is CC[C@@H](O)c1ccccc1Sc1nc(C)ns1. The molecule has 90 valence electrons. The molecule has 5 heteroatoms. The Morgan fingerprint density at radius 1 is 1.41 bits per heavy atom. The number of aliphatic hydroxyl groups is 1. The van der Waals surface area contributed by atoms with Crippen molar-refractivity contribution >= 4 is 23.3 Å². The average Bonchev–Trinajstić information content (AvgIpc) is 2.74.